The molecule has 176 valence electrons. The molecule has 0 unspecified atom stereocenters. The fourth-order valence-corrected chi connectivity index (χ4v) is 5.90. The number of hydrogen-bond acceptors (Lipinski definition) is 5. The molecule has 0 radical (unpaired) electrons. The SMILES string of the molecule is C[C@@]12CC[C@@](CCOc3ccc(Cl)cc3)(O1)c1c2c(O)n(-c2ccc(C#N)c3ccccc23)c1O. The summed E-state index contributed by atoms with van der Waals surface area (Å²) in [6, 6.07) is 20.4. The Morgan fingerprint density at radius 2 is 1.71 bits per heavy atom. The van der Waals surface area contributed by atoms with Crippen molar-refractivity contribution >= 4 is 22.4 Å². The summed E-state index contributed by atoms with van der Waals surface area (Å²) in [6.45, 7) is 2.34. The zero-order chi connectivity index (χ0) is 24.4. The van der Waals surface area contributed by atoms with Crippen molar-refractivity contribution in [2.45, 2.75) is 37.4 Å². The maximum absolute atomic E-state index is 11.5. The minimum absolute atomic E-state index is 0.0324. The lowest BCUT2D eigenvalue weighted by atomic mass is 9.78. The molecule has 2 atom stereocenters. The summed E-state index contributed by atoms with van der Waals surface area (Å²) >= 11 is 5.96. The summed E-state index contributed by atoms with van der Waals surface area (Å²) in [6.07, 6.45) is 1.96. The Morgan fingerprint density at radius 1 is 1.00 bits per heavy atom. The smallest absolute Gasteiger partial charge is 0.205 e. The highest BCUT2D eigenvalue weighted by atomic mass is 35.5. The number of fused-ring (bicyclic) bond motifs is 6. The minimum Gasteiger partial charge on any atom is -0.494 e. The highest BCUT2D eigenvalue weighted by molar-refractivity contribution is 6.30. The number of nitrogens with zero attached hydrogens (tertiary/aromatic N) is 2. The van der Waals surface area contributed by atoms with Gasteiger partial charge in [-0.05, 0) is 56.2 Å². The van der Waals surface area contributed by atoms with Crippen LogP contribution >= 0.6 is 11.6 Å². The first kappa shape index (κ1) is 21.8. The predicted octanol–water partition coefficient (Wildman–Crippen LogP) is 6.27. The van der Waals surface area contributed by atoms with Gasteiger partial charge in [-0.25, -0.2) is 0 Å². The summed E-state index contributed by atoms with van der Waals surface area (Å²) in [5.74, 6) is 0.635. The molecule has 4 aromatic rings. The van der Waals surface area contributed by atoms with Crippen LogP contribution in [0.5, 0.6) is 17.5 Å². The average molecular weight is 487 g/mol. The Labute approximate surface area is 207 Å². The fraction of sp³-hybridized carbons (Fsp3) is 0.250. The van der Waals surface area contributed by atoms with Crippen LogP contribution in [0.1, 0.15) is 42.9 Å². The van der Waals surface area contributed by atoms with Gasteiger partial charge in [0.15, 0.2) is 0 Å². The first-order chi connectivity index (χ1) is 16.9. The molecule has 6 rings (SSSR count). The molecule has 1 aromatic heterocycles. The zero-order valence-electron chi connectivity index (χ0n) is 19.1. The van der Waals surface area contributed by atoms with Crippen LogP contribution in [0, 0.1) is 11.3 Å². The predicted molar refractivity (Wildman–Crippen MR) is 132 cm³/mol. The van der Waals surface area contributed by atoms with E-state index in [4.69, 9.17) is 21.1 Å². The van der Waals surface area contributed by atoms with Crippen LogP contribution in [-0.2, 0) is 15.9 Å². The van der Waals surface area contributed by atoms with Crippen molar-refractivity contribution in [2.75, 3.05) is 6.61 Å². The number of aromatic nitrogens is 1. The first-order valence-electron chi connectivity index (χ1n) is 11.6. The van der Waals surface area contributed by atoms with Gasteiger partial charge >= 0.3 is 0 Å². The third-order valence-corrected chi connectivity index (χ3v) is 7.63. The van der Waals surface area contributed by atoms with E-state index in [9.17, 15) is 15.5 Å². The van der Waals surface area contributed by atoms with Gasteiger partial charge in [-0.1, -0.05) is 35.9 Å². The molecule has 1 saturated heterocycles. The standard InChI is InChI=1S/C28H23ClN2O4/c1-27-12-13-28(35-27,14-15-34-19-9-7-18(29)8-10-19)24-23(27)25(32)31(26(24)33)22-11-6-17(16-30)20-4-2-3-5-21(20)22/h2-11,32-33H,12-15H2,1H3/t27-,28-/m0/s1. The Morgan fingerprint density at radius 3 is 2.46 bits per heavy atom. The van der Waals surface area contributed by atoms with Crippen LogP contribution in [0.2, 0.25) is 5.02 Å². The third-order valence-electron chi connectivity index (χ3n) is 7.38. The molecule has 3 heterocycles. The lowest BCUT2D eigenvalue weighted by Gasteiger charge is -2.26. The Hall–Kier alpha value is -3.66. The fourth-order valence-electron chi connectivity index (χ4n) is 5.78. The molecular formula is C28H23ClN2O4. The summed E-state index contributed by atoms with van der Waals surface area (Å²) in [5.41, 5.74) is 0.933. The number of nitriles is 1. The number of benzene rings is 3. The van der Waals surface area contributed by atoms with Gasteiger partial charge in [-0.2, -0.15) is 5.26 Å². The van der Waals surface area contributed by atoms with Gasteiger partial charge in [-0.15, -0.1) is 0 Å². The van der Waals surface area contributed by atoms with Crippen LogP contribution in [0.3, 0.4) is 0 Å². The van der Waals surface area contributed by atoms with E-state index >= 15 is 0 Å². The van der Waals surface area contributed by atoms with E-state index in [1.54, 1.807) is 24.3 Å². The van der Waals surface area contributed by atoms with Gasteiger partial charge in [-0.3, -0.25) is 4.57 Å². The number of ether oxygens (including phenoxy) is 2. The van der Waals surface area contributed by atoms with E-state index in [2.05, 4.69) is 6.07 Å². The molecule has 0 spiro atoms. The van der Waals surface area contributed by atoms with Crippen molar-refractivity contribution in [2.24, 2.45) is 0 Å². The molecule has 0 saturated carbocycles. The molecule has 2 bridgehead atoms. The van der Waals surface area contributed by atoms with Gasteiger partial charge in [0.25, 0.3) is 0 Å². The molecular weight excluding hydrogens is 464 g/mol. The minimum atomic E-state index is -0.758. The Bertz CT molecular complexity index is 1520. The quantitative estimate of drug-likeness (QED) is 0.347. The highest BCUT2D eigenvalue weighted by Crippen LogP contribution is 2.65. The molecule has 1 fully saturated rings. The molecule has 0 amide bonds. The van der Waals surface area contributed by atoms with Gasteiger partial charge < -0.3 is 19.7 Å². The summed E-state index contributed by atoms with van der Waals surface area (Å²) in [4.78, 5) is 0. The summed E-state index contributed by atoms with van der Waals surface area (Å²) in [7, 11) is 0. The average Bonchev–Trinajstić information content (AvgIpc) is 3.44. The van der Waals surface area contributed by atoms with Crippen LogP contribution in [0.25, 0.3) is 16.5 Å². The second kappa shape index (κ2) is 7.67. The maximum Gasteiger partial charge on any atom is 0.205 e. The normalized spacial score (nSPS) is 22.3. The van der Waals surface area contributed by atoms with Crippen molar-refractivity contribution in [3.8, 4) is 29.3 Å². The number of halogens is 1. The highest BCUT2D eigenvalue weighted by Gasteiger charge is 2.61. The number of aromatic hydroxyl groups is 2. The summed E-state index contributed by atoms with van der Waals surface area (Å²) < 4.78 is 13.9. The van der Waals surface area contributed by atoms with Crippen molar-refractivity contribution in [3.63, 3.8) is 0 Å². The molecule has 2 N–H and O–H groups in total. The van der Waals surface area contributed by atoms with Crippen LogP contribution < -0.4 is 4.74 Å². The van der Waals surface area contributed by atoms with Gasteiger partial charge in [0.2, 0.25) is 11.8 Å². The molecule has 35 heavy (non-hydrogen) atoms. The van der Waals surface area contributed by atoms with Crippen LogP contribution in [0.4, 0.5) is 0 Å². The second-order valence-corrected chi connectivity index (χ2v) is 9.84. The van der Waals surface area contributed by atoms with Crippen molar-refractivity contribution in [1.82, 2.24) is 4.57 Å². The monoisotopic (exact) mass is 486 g/mol. The molecule has 0 aliphatic carbocycles. The van der Waals surface area contributed by atoms with Gasteiger partial charge in [0, 0.05) is 22.2 Å². The van der Waals surface area contributed by atoms with Gasteiger partial charge in [0.1, 0.15) is 11.4 Å². The van der Waals surface area contributed by atoms with Gasteiger partial charge in [0.05, 0.1) is 40.7 Å². The van der Waals surface area contributed by atoms with E-state index in [0.29, 0.717) is 52.6 Å². The molecule has 2 aliphatic rings. The van der Waals surface area contributed by atoms with Crippen molar-refractivity contribution < 1.29 is 19.7 Å². The first-order valence-corrected chi connectivity index (χ1v) is 11.9. The van der Waals surface area contributed by atoms with Crippen LogP contribution in [-0.4, -0.2) is 21.4 Å². The van der Waals surface area contributed by atoms with E-state index in [1.807, 2.05) is 43.3 Å². The number of rotatable bonds is 5. The Balaban J connectivity index is 1.43. The second-order valence-electron chi connectivity index (χ2n) is 9.40. The molecule has 6 nitrogen and oxygen atoms in total. The lowest BCUT2D eigenvalue weighted by molar-refractivity contribution is -0.0876. The largest absolute Gasteiger partial charge is 0.494 e. The van der Waals surface area contributed by atoms with E-state index in [1.165, 1.54) is 4.57 Å². The topological polar surface area (TPSA) is 87.6 Å². The van der Waals surface area contributed by atoms with Crippen molar-refractivity contribution in [1.29, 1.82) is 5.26 Å². The Kier molecular flexibility index (Phi) is 4.79. The third kappa shape index (κ3) is 3.12. The van der Waals surface area contributed by atoms with E-state index < -0.39 is 11.2 Å². The molecule has 2 aliphatic heterocycles. The van der Waals surface area contributed by atoms with Crippen LogP contribution in [0.15, 0.2) is 60.7 Å². The zero-order valence-corrected chi connectivity index (χ0v) is 19.8. The van der Waals surface area contributed by atoms with E-state index in [-0.39, 0.29) is 11.8 Å². The van der Waals surface area contributed by atoms with E-state index in [0.717, 1.165) is 17.2 Å². The molecule has 3 aromatic carbocycles. The molecule has 7 heteroatoms. The van der Waals surface area contributed by atoms with Crippen molar-refractivity contribution in [3.05, 3.63) is 82.4 Å². The summed E-state index contributed by atoms with van der Waals surface area (Å²) in [5, 5.41) is 34.6. The maximum atomic E-state index is 11.5. The number of hydrogen-bond donors (Lipinski definition) is 2. The lowest BCUT2D eigenvalue weighted by Crippen LogP contribution is -2.25.